The van der Waals surface area contributed by atoms with Gasteiger partial charge in [0.15, 0.2) is 22.7 Å². The zero-order valence-electron chi connectivity index (χ0n) is 18.0. The second kappa shape index (κ2) is 8.08. The molecule has 2 aromatic carbocycles. The molecule has 9 heteroatoms. The zero-order valence-corrected chi connectivity index (χ0v) is 19.6. The van der Waals surface area contributed by atoms with Gasteiger partial charge < -0.3 is 18.4 Å². The molecule has 3 heterocycles. The molecule has 0 radical (unpaired) electrons. The van der Waals surface area contributed by atoms with E-state index in [1.54, 1.807) is 49.4 Å². The fraction of sp³-hybridized carbons (Fsp3) is 0.208. The van der Waals surface area contributed by atoms with Crippen molar-refractivity contribution in [3.63, 3.8) is 0 Å². The van der Waals surface area contributed by atoms with E-state index in [0.717, 1.165) is 4.47 Å². The van der Waals surface area contributed by atoms with E-state index in [1.807, 2.05) is 6.92 Å². The second-order valence-corrected chi connectivity index (χ2v) is 8.45. The van der Waals surface area contributed by atoms with E-state index < -0.39 is 11.9 Å². The summed E-state index contributed by atoms with van der Waals surface area (Å²) in [6.07, 6.45) is 0. The van der Waals surface area contributed by atoms with Crippen LogP contribution in [0.1, 0.15) is 40.4 Å². The van der Waals surface area contributed by atoms with Crippen molar-refractivity contribution < 1.29 is 23.2 Å². The Morgan fingerprint density at radius 2 is 1.94 bits per heavy atom. The van der Waals surface area contributed by atoms with Crippen LogP contribution in [0.3, 0.4) is 0 Å². The molecule has 0 spiro atoms. The molecule has 0 saturated carbocycles. The van der Waals surface area contributed by atoms with Crippen molar-refractivity contribution >= 4 is 38.6 Å². The molecule has 0 unspecified atom stereocenters. The summed E-state index contributed by atoms with van der Waals surface area (Å²) in [7, 11) is 1.54. The largest absolute Gasteiger partial charge is 0.493 e. The molecule has 1 aliphatic heterocycles. The van der Waals surface area contributed by atoms with Crippen LogP contribution in [0.4, 0.5) is 5.82 Å². The molecule has 1 atom stereocenters. The van der Waals surface area contributed by atoms with E-state index in [9.17, 15) is 9.59 Å². The molecule has 1 aliphatic rings. The number of carbonyl (C=O) groups is 1. The summed E-state index contributed by atoms with van der Waals surface area (Å²) in [4.78, 5) is 28.6. The Kier molecular flexibility index (Phi) is 5.20. The van der Waals surface area contributed by atoms with Crippen LogP contribution in [-0.2, 0) is 0 Å². The summed E-state index contributed by atoms with van der Waals surface area (Å²) in [5.41, 5.74) is 0.917. The summed E-state index contributed by atoms with van der Waals surface area (Å²) in [6, 6.07) is 11.3. The van der Waals surface area contributed by atoms with Crippen LogP contribution in [0.25, 0.3) is 11.0 Å². The fourth-order valence-corrected chi connectivity index (χ4v) is 4.45. The van der Waals surface area contributed by atoms with E-state index in [2.05, 4.69) is 21.1 Å². The van der Waals surface area contributed by atoms with Gasteiger partial charge in [-0.15, -0.1) is 0 Å². The Morgan fingerprint density at radius 1 is 1.12 bits per heavy atom. The zero-order chi connectivity index (χ0) is 23.3. The van der Waals surface area contributed by atoms with Crippen LogP contribution < -0.4 is 19.8 Å². The number of anilines is 1. The van der Waals surface area contributed by atoms with E-state index in [1.165, 1.54) is 12.0 Å². The minimum Gasteiger partial charge on any atom is -0.493 e. The third-order valence-electron chi connectivity index (χ3n) is 5.50. The predicted molar refractivity (Wildman–Crippen MR) is 124 cm³/mol. The first kappa shape index (κ1) is 21.3. The summed E-state index contributed by atoms with van der Waals surface area (Å²) in [6.45, 7) is 4.08. The van der Waals surface area contributed by atoms with Gasteiger partial charge in [-0.2, -0.15) is 0 Å². The highest BCUT2D eigenvalue weighted by atomic mass is 79.9. The highest BCUT2D eigenvalue weighted by molar-refractivity contribution is 9.10. The van der Waals surface area contributed by atoms with Crippen molar-refractivity contribution in [1.82, 2.24) is 5.16 Å². The van der Waals surface area contributed by atoms with Crippen molar-refractivity contribution in [2.24, 2.45) is 0 Å². The Hall–Kier alpha value is -3.59. The van der Waals surface area contributed by atoms with Gasteiger partial charge in [0.25, 0.3) is 5.91 Å². The van der Waals surface area contributed by atoms with Crippen LogP contribution in [0.5, 0.6) is 11.5 Å². The van der Waals surface area contributed by atoms with E-state index in [4.69, 9.17) is 18.4 Å². The number of aromatic nitrogens is 1. The molecule has 0 saturated heterocycles. The van der Waals surface area contributed by atoms with Crippen LogP contribution >= 0.6 is 15.9 Å². The monoisotopic (exact) mass is 510 g/mol. The lowest BCUT2D eigenvalue weighted by molar-refractivity contribution is 0.0969. The first-order chi connectivity index (χ1) is 15.9. The Balaban J connectivity index is 1.79. The maximum absolute atomic E-state index is 13.6. The number of benzene rings is 2. The first-order valence-corrected chi connectivity index (χ1v) is 11.1. The number of amides is 1. The molecule has 0 bridgehead atoms. The lowest BCUT2D eigenvalue weighted by Gasteiger charge is -2.23. The average Bonchev–Trinajstić information content (AvgIpc) is 3.36. The lowest BCUT2D eigenvalue weighted by Crippen LogP contribution is -2.29. The number of ether oxygens (including phenoxy) is 2. The van der Waals surface area contributed by atoms with Crippen molar-refractivity contribution in [3.05, 3.63) is 79.8 Å². The Morgan fingerprint density at radius 3 is 2.64 bits per heavy atom. The van der Waals surface area contributed by atoms with E-state index in [-0.39, 0.29) is 22.6 Å². The minimum atomic E-state index is -0.791. The highest BCUT2D eigenvalue weighted by Crippen LogP contribution is 2.43. The summed E-state index contributed by atoms with van der Waals surface area (Å²) in [5.74, 6) is 1.37. The molecule has 5 rings (SSSR count). The van der Waals surface area contributed by atoms with Crippen LogP contribution in [0.2, 0.25) is 0 Å². The van der Waals surface area contributed by atoms with Gasteiger partial charge in [-0.25, -0.2) is 0 Å². The molecule has 33 heavy (non-hydrogen) atoms. The van der Waals surface area contributed by atoms with Crippen LogP contribution in [0, 0.1) is 6.92 Å². The maximum atomic E-state index is 13.6. The Labute approximate surface area is 196 Å². The number of hydrogen-bond acceptors (Lipinski definition) is 7. The van der Waals surface area contributed by atoms with Crippen molar-refractivity contribution in [2.45, 2.75) is 19.9 Å². The molecular formula is C24H19BrN2O6. The third-order valence-corrected chi connectivity index (χ3v) is 5.99. The molecule has 8 nitrogen and oxygen atoms in total. The number of halogens is 1. The normalized spacial score (nSPS) is 15.2. The number of hydrogen-bond donors (Lipinski definition) is 0. The quantitative estimate of drug-likeness (QED) is 0.372. The molecular weight excluding hydrogens is 492 g/mol. The number of carbonyl (C=O) groups excluding carboxylic acids is 1. The van der Waals surface area contributed by atoms with Gasteiger partial charge in [-0.05, 0) is 49.7 Å². The predicted octanol–water partition coefficient (Wildman–Crippen LogP) is 5.01. The first-order valence-electron chi connectivity index (χ1n) is 10.3. The minimum absolute atomic E-state index is 0.0201. The maximum Gasteiger partial charge on any atom is 0.296 e. The van der Waals surface area contributed by atoms with Crippen LogP contribution in [-0.4, -0.2) is 24.8 Å². The number of nitrogens with zero attached hydrogens (tertiary/aromatic N) is 2. The van der Waals surface area contributed by atoms with Gasteiger partial charge in [0.05, 0.1) is 30.7 Å². The number of aryl methyl sites for hydroxylation is 1. The number of fused-ring (bicyclic) bond motifs is 2. The molecule has 0 aliphatic carbocycles. The van der Waals surface area contributed by atoms with Gasteiger partial charge in [-0.1, -0.05) is 27.2 Å². The summed E-state index contributed by atoms with van der Waals surface area (Å²) < 4.78 is 23.0. The SMILES string of the molecule is CCOc1ccc([C@H]2c3c(oc4ccc(Br)cc4c3=O)C(=O)N2c2cc(C)on2)cc1OC. The van der Waals surface area contributed by atoms with Crippen LogP contribution in [0.15, 0.2) is 60.7 Å². The molecule has 0 N–H and O–H groups in total. The van der Waals surface area contributed by atoms with Crippen molar-refractivity contribution in [1.29, 1.82) is 0 Å². The topological polar surface area (TPSA) is 95.0 Å². The molecule has 2 aromatic heterocycles. The standard InChI is InChI=1S/C24H19BrN2O6/c1-4-31-17-7-5-13(10-18(17)30-3)21-20-22(28)15-11-14(25)6-8-16(15)32-23(20)24(29)27(21)19-9-12(2)33-26-19/h5-11,21H,4H2,1-3H3/t21-/m0/s1. The number of methoxy groups -OCH3 is 1. The lowest BCUT2D eigenvalue weighted by atomic mass is 9.98. The van der Waals surface area contributed by atoms with Gasteiger partial charge in [0.2, 0.25) is 5.76 Å². The average molecular weight is 511 g/mol. The fourth-order valence-electron chi connectivity index (χ4n) is 4.09. The summed E-state index contributed by atoms with van der Waals surface area (Å²) in [5, 5.41) is 4.41. The van der Waals surface area contributed by atoms with Gasteiger partial charge in [0.1, 0.15) is 11.3 Å². The van der Waals surface area contributed by atoms with E-state index >= 15 is 0 Å². The van der Waals surface area contributed by atoms with Gasteiger partial charge in [-0.3, -0.25) is 14.5 Å². The van der Waals surface area contributed by atoms with Crippen molar-refractivity contribution in [3.8, 4) is 11.5 Å². The molecule has 1 amide bonds. The van der Waals surface area contributed by atoms with Gasteiger partial charge in [0, 0.05) is 10.5 Å². The van der Waals surface area contributed by atoms with Gasteiger partial charge >= 0.3 is 0 Å². The molecule has 4 aromatic rings. The van der Waals surface area contributed by atoms with E-state index in [0.29, 0.717) is 40.4 Å². The summed E-state index contributed by atoms with van der Waals surface area (Å²) >= 11 is 3.40. The van der Waals surface area contributed by atoms with Crippen molar-refractivity contribution in [2.75, 3.05) is 18.6 Å². The Bertz CT molecular complexity index is 1460. The highest BCUT2D eigenvalue weighted by Gasteiger charge is 2.45. The molecule has 168 valence electrons. The smallest absolute Gasteiger partial charge is 0.296 e. The molecule has 0 fully saturated rings. The number of rotatable bonds is 5. The second-order valence-electron chi connectivity index (χ2n) is 7.53. The third kappa shape index (κ3) is 3.39.